The minimum atomic E-state index is -0.963. The van der Waals surface area contributed by atoms with Crippen molar-refractivity contribution in [1.29, 1.82) is 0 Å². The highest BCUT2D eigenvalue weighted by Crippen LogP contribution is 2.25. The van der Waals surface area contributed by atoms with Crippen molar-refractivity contribution in [3.8, 4) is 11.4 Å². The van der Waals surface area contributed by atoms with Crippen molar-refractivity contribution in [1.82, 2.24) is 24.7 Å². The third-order valence-electron chi connectivity index (χ3n) is 4.84. The quantitative estimate of drug-likeness (QED) is 0.652. The highest BCUT2D eigenvalue weighted by molar-refractivity contribution is 5.61. The highest BCUT2D eigenvalue weighted by Gasteiger charge is 2.25. The summed E-state index contributed by atoms with van der Waals surface area (Å²) in [5.74, 6) is 0.525. The molecular formula is C19H23FN6O. The average molecular weight is 370 g/mol. The van der Waals surface area contributed by atoms with E-state index in [9.17, 15) is 9.50 Å². The predicted octanol–water partition coefficient (Wildman–Crippen LogP) is 2.13. The minimum absolute atomic E-state index is 0.327. The van der Waals surface area contributed by atoms with Gasteiger partial charge in [-0.1, -0.05) is 6.07 Å². The first-order chi connectivity index (χ1) is 12.9. The topological polar surface area (TPSA) is 87.4 Å². The largest absolute Gasteiger partial charge is 0.386 e. The van der Waals surface area contributed by atoms with E-state index in [1.54, 1.807) is 32.4 Å². The van der Waals surface area contributed by atoms with Crippen molar-refractivity contribution >= 4 is 11.5 Å². The van der Waals surface area contributed by atoms with E-state index in [0.29, 0.717) is 31.0 Å². The van der Waals surface area contributed by atoms with E-state index in [0.717, 1.165) is 16.9 Å². The lowest BCUT2D eigenvalue weighted by Gasteiger charge is -2.27. The van der Waals surface area contributed by atoms with Crippen LogP contribution in [-0.4, -0.2) is 49.8 Å². The van der Waals surface area contributed by atoms with Gasteiger partial charge in [-0.05, 0) is 38.4 Å². The summed E-state index contributed by atoms with van der Waals surface area (Å²) < 4.78 is 16.0. The summed E-state index contributed by atoms with van der Waals surface area (Å²) in [6, 6.07) is 3.38. The first kappa shape index (κ1) is 17.8. The van der Waals surface area contributed by atoms with Crippen LogP contribution in [-0.2, 0) is 5.60 Å². The Labute approximate surface area is 156 Å². The summed E-state index contributed by atoms with van der Waals surface area (Å²) >= 11 is 0. The fourth-order valence-electron chi connectivity index (χ4n) is 3.25. The molecule has 1 aliphatic rings. The average Bonchev–Trinajstić information content (AvgIpc) is 3.06. The maximum Gasteiger partial charge on any atom is 0.145 e. The lowest BCUT2D eigenvalue weighted by atomic mass is 10.0. The standard InChI is InChI=1S/C19H23FN6O/c1-19(2,27)12-3-4-18-23-9-16(26(18)11-12)15-8-22-10-17(25-15)24-14-7-21-6-5-13(14)20/h3-4,8-11,13-14,21,27H,5-7H2,1-2H3,(H,24,25)/t13-,14-/m0/s1. The number of anilines is 1. The Morgan fingerprint density at radius 3 is 2.93 bits per heavy atom. The van der Waals surface area contributed by atoms with Gasteiger partial charge in [0, 0.05) is 12.7 Å². The number of aliphatic hydroxyl groups is 1. The van der Waals surface area contributed by atoms with Gasteiger partial charge in [-0.3, -0.25) is 9.38 Å². The van der Waals surface area contributed by atoms with Gasteiger partial charge >= 0.3 is 0 Å². The van der Waals surface area contributed by atoms with E-state index < -0.39 is 11.8 Å². The highest BCUT2D eigenvalue weighted by atomic mass is 19.1. The molecular weight excluding hydrogens is 347 g/mol. The summed E-state index contributed by atoms with van der Waals surface area (Å²) in [7, 11) is 0. The Morgan fingerprint density at radius 2 is 2.15 bits per heavy atom. The maximum atomic E-state index is 14.1. The van der Waals surface area contributed by atoms with Crippen LogP contribution in [0.3, 0.4) is 0 Å². The summed E-state index contributed by atoms with van der Waals surface area (Å²) in [5, 5.41) is 16.6. The van der Waals surface area contributed by atoms with E-state index in [1.807, 2.05) is 22.7 Å². The van der Waals surface area contributed by atoms with Gasteiger partial charge in [0.05, 0.1) is 35.9 Å². The molecule has 7 nitrogen and oxygen atoms in total. The van der Waals surface area contributed by atoms with E-state index in [2.05, 4.69) is 25.6 Å². The number of hydrogen-bond donors (Lipinski definition) is 3. The fourth-order valence-corrected chi connectivity index (χ4v) is 3.25. The molecule has 0 aromatic carbocycles. The molecule has 3 N–H and O–H groups in total. The van der Waals surface area contributed by atoms with Crippen LogP contribution in [0.15, 0.2) is 36.9 Å². The smallest absolute Gasteiger partial charge is 0.145 e. The third-order valence-corrected chi connectivity index (χ3v) is 4.84. The normalized spacial score (nSPS) is 20.7. The Hall–Kier alpha value is -2.58. The van der Waals surface area contributed by atoms with Crippen LogP contribution in [0.1, 0.15) is 25.8 Å². The summed E-state index contributed by atoms with van der Waals surface area (Å²) in [6.45, 7) is 4.72. The number of rotatable bonds is 4. The predicted molar refractivity (Wildman–Crippen MR) is 101 cm³/mol. The molecule has 4 rings (SSSR count). The van der Waals surface area contributed by atoms with Crippen LogP contribution in [0, 0.1) is 0 Å². The molecule has 3 aromatic rings. The number of hydrogen-bond acceptors (Lipinski definition) is 6. The zero-order valence-electron chi connectivity index (χ0n) is 15.4. The number of nitrogens with one attached hydrogen (secondary N) is 2. The molecule has 0 unspecified atom stereocenters. The number of halogens is 1. The number of imidazole rings is 1. The molecule has 0 spiro atoms. The van der Waals surface area contributed by atoms with E-state index in [1.165, 1.54) is 0 Å². The summed E-state index contributed by atoms with van der Waals surface area (Å²) in [6.07, 6.45) is 6.38. The van der Waals surface area contributed by atoms with Crippen LogP contribution < -0.4 is 10.6 Å². The van der Waals surface area contributed by atoms with Gasteiger partial charge in [-0.15, -0.1) is 0 Å². The van der Waals surface area contributed by atoms with E-state index >= 15 is 0 Å². The number of aromatic nitrogens is 4. The van der Waals surface area contributed by atoms with Gasteiger partial charge < -0.3 is 15.7 Å². The monoisotopic (exact) mass is 370 g/mol. The zero-order chi connectivity index (χ0) is 19.0. The number of nitrogens with zero attached hydrogens (tertiary/aromatic N) is 4. The Balaban J connectivity index is 1.67. The molecule has 1 saturated heterocycles. The van der Waals surface area contributed by atoms with Gasteiger partial charge in [0.15, 0.2) is 0 Å². The van der Waals surface area contributed by atoms with Crippen molar-refractivity contribution in [3.05, 3.63) is 42.5 Å². The van der Waals surface area contributed by atoms with Crippen molar-refractivity contribution < 1.29 is 9.50 Å². The molecule has 3 aromatic heterocycles. The van der Waals surface area contributed by atoms with Crippen molar-refractivity contribution in [2.24, 2.45) is 0 Å². The second kappa shape index (κ2) is 6.86. The number of alkyl halides is 1. The van der Waals surface area contributed by atoms with Gasteiger partial charge in [0.2, 0.25) is 0 Å². The molecule has 142 valence electrons. The molecule has 0 radical (unpaired) electrons. The molecule has 0 bridgehead atoms. The fraction of sp³-hybridized carbons (Fsp3) is 0.421. The first-order valence-corrected chi connectivity index (χ1v) is 9.05. The Kier molecular flexibility index (Phi) is 4.53. The van der Waals surface area contributed by atoms with Gasteiger partial charge in [-0.2, -0.15) is 0 Å². The molecule has 0 amide bonds. The Morgan fingerprint density at radius 1 is 1.30 bits per heavy atom. The number of pyridine rings is 1. The molecule has 0 aliphatic carbocycles. The van der Waals surface area contributed by atoms with Crippen LogP contribution in [0.4, 0.5) is 10.2 Å². The van der Waals surface area contributed by atoms with Gasteiger partial charge in [0.25, 0.3) is 0 Å². The molecule has 1 aliphatic heterocycles. The second-order valence-electron chi connectivity index (χ2n) is 7.40. The van der Waals surface area contributed by atoms with Crippen molar-refractivity contribution in [3.63, 3.8) is 0 Å². The molecule has 0 saturated carbocycles. The Bertz CT molecular complexity index is 951. The summed E-state index contributed by atoms with van der Waals surface area (Å²) in [4.78, 5) is 13.2. The number of piperidine rings is 1. The molecule has 8 heteroatoms. The van der Waals surface area contributed by atoms with Crippen molar-refractivity contribution in [2.75, 3.05) is 18.4 Å². The lowest BCUT2D eigenvalue weighted by Crippen LogP contribution is -2.46. The van der Waals surface area contributed by atoms with E-state index in [-0.39, 0.29) is 6.04 Å². The van der Waals surface area contributed by atoms with Gasteiger partial charge in [0.1, 0.15) is 23.3 Å². The van der Waals surface area contributed by atoms with Crippen molar-refractivity contribution in [2.45, 2.75) is 38.1 Å². The van der Waals surface area contributed by atoms with Gasteiger partial charge in [-0.25, -0.2) is 14.4 Å². The van der Waals surface area contributed by atoms with Crippen LogP contribution in [0.2, 0.25) is 0 Å². The first-order valence-electron chi connectivity index (χ1n) is 9.05. The van der Waals surface area contributed by atoms with Crippen LogP contribution in [0.25, 0.3) is 17.0 Å². The zero-order valence-corrected chi connectivity index (χ0v) is 15.4. The number of fused-ring (bicyclic) bond motifs is 1. The minimum Gasteiger partial charge on any atom is -0.386 e. The van der Waals surface area contributed by atoms with E-state index in [4.69, 9.17) is 0 Å². The van der Waals surface area contributed by atoms with Crippen LogP contribution in [0.5, 0.6) is 0 Å². The lowest BCUT2D eigenvalue weighted by molar-refractivity contribution is 0.0781. The molecule has 1 fully saturated rings. The van der Waals surface area contributed by atoms with Crippen LogP contribution >= 0.6 is 0 Å². The third kappa shape index (κ3) is 3.63. The maximum absolute atomic E-state index is 14.1. The second-order valence-corrected chi connectivity index (χ2v) is 7.40. The molecule has 4 heterocycles. The molecule has 27 heavy (non-hydrogen) atoms. The summed E-state index contributed by atoms with van der Waals surface area (Å²) in [5.41, 5.74) is 1.93. The molecule has 2 atom stereocenters. The SMILES string of the molecule is CC(C)(O)c1ccc2ncc(-c3cncc(N[C@H]4CNCC[C@@H]4F)n3)n2c1.